The number of nitrogens with one attached hydrogen (secondary N) is 1. The molecule has 3 N–H and O–H groups in total. The predicted molar refractivity (Wildman–Crippen MR) is 119 cm³/mol. The van der Waals surface area contributed by atoms with E-state index in [2.05, 4.69) is 4.98 Å². The minimum atomic E-state index is -0.947. The van der Waals surface area contributed by atoms with Crippen molar-refractivity contribution in [3.05, 3.63) is 64.0 Å². The van der Waals surface area contributed by atoms with Crippen LogP contribution in [0.25, 0.3) is 17.0 Å². The van der Waals surface area contributed by atoms with Crippen molar-refractivity contribution in [2.45, 2.75) is 6.54 Å². The van der Waals surface area contributed by atoms with Crippen molar-refractivity contribution in [3.8, 4) is 11.5 Å². The molecule has 0 bridgehead atoms. The number of nitrogens with zero attached hydrogens (tertiary/aromatic N) is 2. The molecule has 0 atom stereocenters. The number of ketones is 1. The molecule has 3 aromatic rings. The summed E-state index contributed by atoms with van der Waals surface area (Å²) in [6, 6.07) is 9.18. The van der Waals surface area contributed by atoms with Gasteiger partial charge in [-0.3, -0.25) is 9.69 Å². The minimum absolute atomic E-state index is 0.0771. The van der Waals surface area contributed by atoms with E-state index in [1.54, 1.807) is 6.08 Å². The highest BCUT2D eigenvalue weighted by molar-refractivity contribution is 6.33. The van der Waals surface area contributed by atoms with Crippen molar-refractivity contribution in [1.29, 1.82) is 0 Å². The molecule has 1 saturated heterocycles. The van der Waals surface area contributed by atoms with Crippen molar-refractivity contribution in [1.82, 2.24) is 14.8 Å². The van der Waals surface area contributed by atoms with Crippen LogP contribution in [0, 0.1) is 0 Å². The standard InChI is InChI=1S/C23H20ClN3O5/c24-17-10-15-21(29)19(9-13-11-25-18-4-2-1-3-14(13)18)32-22(15)16(20(17)28)12-26-5-7-27(8-6-26)23(30)31/h1-4,9-11,25,28H,5-8,12H2,(H,30,31)/b19-9-. The number of carbonyl (C=O) groups is 2. The van der Waals surface area contributed by atoms with Crippen LogP contribution in [-0.4, -0.2) is 63.1 Å². The van der Waals surface area contributed by atoms with E-state index >= 15 is 0 Å². The molecule has 2 aromatic carbocycles. The van der Waals surface area contributed by atoms with Crippen LogP contribution in [0.15, 0.2) is 42.3 Å². The van der Waals surface area contributed by atoms with Crippen molar-refractivity contribution in [3.63, 3.8) is 0 Å². The summed E-state index contributed by atoms with van der Waals surface area (Å²) in [7, 11) is 0. The number of amides is 1. The number of carbonyl (C=O) groups excluding carboxylic acids is 1. The summed E-state index contributed by atoms with van der Waals surface area (Å²) in [4.78, 5) is 30.7. The van der Waals surface area contributed by atoms with E-state index in [0.717, 1.165) is 16.5 Å². The van der Waals surface area contributed by atoms with E-state index in [1.165, 1.54) is 11.0 Å². The van der Waals surface area contributed by atoms with Crippen LogP contribution in [0.2, 0.25) is 5.02 Å². The Balaban J connectivity index is 1.46. The fraction of sp³-hybridized carbons (Fsp3) is 0.217. The Morgan fingerprint density at radius 1 is 1.22 bits per heavy atom. The van der Waals surface area contributed by atoms with E-state index in [1.807, 2.05) is 35.4 Å². The van der Waals surface area contributed by atoms with Gasteiger partial charge in [-0.2, -0.15) is 0 Å². The molecule has 9 heteroatoms. The number of phenols is 1. The SMILES string of the molecule is O=C1/C(=C/c2c[nH]c3ccccc23)Oc2c1cc(Cl)c(O)c2CN1CCN(C(=O)O)CC1. The molecule has 0 radical (unpaired) electrons. The number of allylic oxidation sites excluding steroid dienone is 1. The lowest BCUT2D eigenvalue weighted by Gasteiger charge is -2.33. The lowest BCUT2D eigenvalue weighted by molar-refractivity contribution is 0.101. The van der Waals surface area contributed by atoms with E-state index in [9.17, 15) is 14.7 Å². The first-order valence-electron chi connectivity index (χ1n) is 10.2. The van der Waals surface area contributed by atoms with Crippen molar-refractivity contribution in [2.75, 3.05) is 26.2 Å². The Hall–Kier alpha value is -3.49. The smallest absolute Gasteiger partial charge is 0.407 e. The molecule has 164 valence electrons. The van der Waals surface area contributed by atoms with Gasteiger partial charge in [-0.05, 0) is 18.2 Å². The first-order chi connectivity index (χ1) is 15.4. The monoisotopic (exact) mass is 453 g/mol. The number of benzene rings is 2. The third kappa shape index (κ3) is 3.47. The molecular formula is C23H20ClN3O5. The third-order valence-electron chi connectivity index (χ3n) is 5.91. The second-order valence-electron chi connectivity index (χ2n) is 7.84. The first kappa shape index (κ1) is 20.4. The Morgan fingerprint density at radius 2 is 1.97 bits per heavy atom. The van der Waals surface area contributed by atoms with Gasteiger partial charge in [0.1, 0.15) is 11.5 Å². The number of halogens is 1. The zero-order chi connectivity index (χ0) is 22.4. The number of piperazine rings is 1. The van der Waals surface area contributed by atoms with Crippen LogP contribution in [0.3, 0.4) is 0 Å². The van der Waals surface area contributed by atoms with Gasteiger partial charge in [0.25, 0.3) is 0 Å². The fourth-order valence-electron chi connectivity index (χ4n) is 4.17. The Bertz CT molecular complexity index is 1270. The normalized spacial score (nSPS) is 17.7. The molecule has 2 aliphatic rings. The van der Waals surface area contributed by atoms with Crippen molar-refractivity contribution < 1.29 is 24.5 Å². The number of hydrogen-bond donors (Lipinski definition) is 3. The van der Waals surface area contributed by atoms with Gasteiger partial charge in [0.05, 0.1) is 16.1 Å². The largest absolute Gasteiger partial charge is 0.506 e. The number of aromatic amines is 1. The molecule has 1 fully saturated rings. The summed E-state index contributed by atoms with van der Waals surface area (Å²) in [5, 5.41) is 20.8. The van der Waals surface area contributed by atoms with Gasteiger partial charge >= 0.3 is 6.09 Å². The summed E-state index contributed by atoms with van der Waals surface area (Å²) in [6.45, 7) is 2.02. The number of carboxylic acid groups (broad SMARTS) is 1. The highest BCUT2D eigenvalue weighted by Gasteiger charge is 2.34. The lowest BCUT2D eigenvalue weighted by Crippen LogP contribution is -2.47. The number of para-hydroxylation sites is 1. The second-order valence-corrected chi connectivity index (χ2v) is 8.24. The quantitative estimate of drug-likeness (QED) is 0.519. The maximum Gasteiger partial charge on any atom is 0.407 e. The molecule has 3 heterocycles. The van der Waals surface area contributed by atoms with Gasteiger partial charge in [-0.15, -0.1) is 0 Å². The van der Waals surface area contributed by atoms with E-state index < -0.39 is 6.09 Å². The number of H-pyrrole nitrogens is 1. The number of ether oxygens (including phenoxy) is 1. The minimum Gasteiger partial charge on any atom is -0.506 e. The number of phenolic OH excluding ortho intramolecular Hbond substituents is 1. The van der Waals surface area contributed by atoms with Crippen LogP contribution in [0.4, 0.5) is 4.79 Å². The van der Waals surface area contributed by atoms with E-state index in [-0.39, 0.29) is 28.9 Å². The summed E-state index contributed by atoms with van der Waals surface area (Å²) >= 11 is 6.23. The highest BCUT2D eigenvalue weighted by Crippen LogP contribution is 2.44. The van der Waals surface area contributed by atoms with Crippen molar-refractivity contribution >= 4 is 40.5 Å². The molecule has 0 saturated carbocycles. The maximum atomic E-state index is 13.1. The van der Waals surface area contributed by atoms with E-state index in [4.69, 9.17) is 21.4 Å². The Kier molecular flexibility index (Phi) is 5.03. The van der Waals surface area contributed by atoms with Crippen molar-refractivity contribution in [2.24, 2.45) is 0 Å². The van der Waals surface area contributed by atoms with Crippen LogP contribution in [0.1, 0.15) is 21.5 Å². The average molecular weight is 454 g/mol. The molecule has 32 heavy (non-hydrogen) atoms. The van der Waals surface area contributed by atoms with Gasteiger partial charge in [0, 0.05) is 55.4 Å². The van der Waals surface area contributed by atoms with Gasteiger partial charge < -0.3 is 24.8 Å². The number of rotatable bonds is 3. The molecule has 5 rings (SSSR count). The molecule has 1 aromatic heterocycles. The number of aromatic hydroxyl groups is 1. The third-order valence-corrected chi connectivity index (χ3v) is 6.20. The van der Waals surface area contributed by atoms with Gasteiger partial charge in [-0.1, -0.05) is 29.8 Å². The summed E-state index contributed by atoms with van der Waals surface area (Å²) in [5.41, 5.74) is 2.49. The molecule has 0 aliphatic carbocycles. The Labute approximate surface area is 188 Å². The predicted octanol–water partition coefficient (Wildman–Crippen LogP) is 3.94. The lowest BCUT2D eigenvalue weighted by atomic mass is 10.0. The molecule has 1 amide bonds. The first-order valence-corrected chi connectivity index (χ1v) is 10.5. The van der Waals surface area contributed by atoms with Crippen LogP contribution < -0.4 is 4.74 Å². The molecular weight excluding hydrogens is 434 g/mol. The summed E-state index contributed by atoms with van der Waals surface area (Å²) in [5.74, 6) is 0.0170. The fourth-order valence-corrected chi connectivity index (χ4v) is 4.39. The van der Waals surface area contributed by atoms with Crippen LogP contribution in [0.5, 0.6) is 11.5 Å². The zero-order valence-corrected chi connectivity index (χ0v) is 17.7. The number of Topliss-reactive ketones (excluding diaryl/α,β-unsaturated/α-hetero) is 1. The molecule has 0 spiro atoms. The van der Waals surface area contributed by atoms with Crippen LogP contribution >= 0.6 is 11.6 Å². The second kappa shape index (κ2) is 7.89. The van der Waals surface area contributed by atoms with Crippen LogP contribution in [-0.2, 0) is 6.54 Å². The molecule has 2 aliphatic heterocycles. The summed E-state index contributed by atoms with van der Waals surface area (Å²) < 4.78 is 5.96. The van der Waals surface area contributed by atoms with Gasteiger partial charge in [0.15, 0.2) is 5.76 Å². The maximum absolute atomic E-state index is 13.1. The average Bonchev–Trinajstić information content (AvgIpc) is 3.33. The molecule has 0 unspecified atom stereocenters. The summed E-state index contributed by atoms with van der Waals surface area (Å²) in [6.07, 6.45) is 2.55. The molecule has 8 nitrogen and oxygen atoms in total. The number of hydrogen-bond acceptors (Lipinski definition) is 5. The zero-order valence-electron chi connectivity index (χ0n) is 17.0. The van der Waals surface area contributed by atoms with Gasteiger partial charge in [-0.25, -0.2) is 4.79 Å². The number of fused-ring (bicyclic) bond motifs is 2. The topological polar surface area (TPSA) is 106 Å². The Morgan fingerprint density at radius 3 is 2.72 bits per heavy atom. The van der Waals surface area contributed by atoms with Gasteiger partial charge in [0.2, 0.25) is 5.78 Å². The highest BCUT2D eigenvalue weighted by atomic mass is 35.5. The number of aromatic nitrogens is 1. The van der Waals surface area contributed by atoms with E-state index in [0.29, 0.717) is 43.1 Å².